The number of nitrogen functional groups attached to an aromatic ring is 1. The van der Waals surface area contributed by atoms with Crippen molar-refractivity contribution < 1.29 is 9.53 Å². The normalized spacial score (nSPS) is 13.9. The lowest BCUT2D eigenvalue weighted by atomic mass is 10.1. The van der Waals surface area contributed by atoms with Gasteiger partial charge in [-0.3, -0.25) is 14.8 Å². The molecule has 9 heteroatoms. The molecule has 4 rings (SSSR count). The summed E-state index contributed by atoms with van der Waals surface area (Å²) in [6.07, 6.45) is 9.04. The van der Waals surface area contributed by atoms with Crippen molar-refractivity contribution in [1.82, 2.24) is 24.8 Å². The average molecular weight is 405 g/mol. The van der Waals surface area contributed by atoms with Gasteiger partial charge in [0, 0.05) is 31.6 Å². The van der Waals surface area contributed by atoms with Gasteiger partial charge in [0.2, 0.25) is 11.8 Å². The maximum atomic E-state index is 11.9. The van der Waals surface area contributed by atoms with Crippen molar-refractivity contribution in [3.8, 4) is 22.9 Å². The molecule has 0 unspecified atom stereocenters. The van der Waals surface area contributed by atoms with E-state index >= 15 is 0 Å². The van der Waals surface area contributed by atoms with E-state index in [1.165, 1.54) is 6.20 Å². The van der Waals surface area contributed by atoms with Crippen molar-refractivity contribution >= 4 is 17.5 Å². The van der Waals surface area contributed by atoms with E-state index in [1.807, 2.05) is 29.2 Å². The summed E-state index contributed by atoms with van der Waals surface area (Å²) in [5.41, 5.74) is 7.21. The molecule has 0 atom stereocenters. The van der Waals surface area contributed by atoms with Gasteiger partial charge in [-0.25, -0.2) is 4.98 Å². The Morgan fingerprint density at radius 3 is 2.70 bits per heavy atom. The second-order valence-corrected chi connectivity index (χ2v) is 6.96. The minimum Gasteiger partial charge on any atom is -0.437 e. The summed E-state index contributed by atoms with van der Waals surface area (Å²) in [6.45, 7) is 2.09. The van der Waals surface area contributed by atoms with E-state index in [9.17, 15) is 4.79 Å². The Morgan fingerprint density at radius 1 is 1.07 bits per heavy atom. The van der Waals surface area contributed by atoms with Crippen molar-refractivity contribution in [3.63, 3.8) is 0 Å². The quantitative estimate of drug-likeness (QED) is 0.616. The van der Waals surface area contributed by atoms with E-state index in [4.69, 9.17) is 10.5 Å². The number of ether oxygens (including phenoxy) is 1. The monoisotopic (exact) mass is 405 g/mol. The molecular formula is C21H23N7O2. The number of likely N-dealkylation sites (tertiary alicyclic amines) is 1. The molecule has 0 spiro atoms. The summed E-state index contributed by atoms with van der Waals surface area (Å²) in [4.78, 5) is 30.7. The molecule has 1 aromatic carbocycles. The van der Waals surface area contributed by atoms with Crippen LogP contribution in [0.1, 0.15) is 19.3 Å². The minimum absolute atomic E-state index is 0.222. The number of anilines is 2. The summed E-state index contributed by atoms with van der Waals surface area (Å²) >= 11 is 0. The lowest BCUT2D eigenvalue weighted by molar-refractivity contribution is -0.133. The van der Waals surface area contributed by atoms with Gasteiger partial charge in [0.15, 0.2) is 0 Å². The topological polar surface area (TPSA) is 119 Å². The number of nitrogens with two attached hydrogens (primary N) is 1. The van der Waals surface area contributed by atoms with Crippen LogP contribution in [0.3, 0.4) is 0 Å². The molecule has 2 aromatic heterocycles. The molecule has 0 aliphatic carbocycles. The fraction of sp³-hybridized carbons (Fsp3) is 0.286. The third-order valence-electron chi connectivity index (χ3n) is 4.77. The zero-order valence-electron chi connectivity index (χ0n) is 16.5. The summed E-state index contributed by atoms with van der Waals surface area (Å²) in [7, 11) is 0. The predicted octanol–water partition coefficient (Wildman–Crippen LogP) is 2.73. The van der Waals surface area contributed by atoms with Crippen LogP contribution in [0.5, 0.6) is 11.6 Å². The molecule has 0 radical (unpaired) electrons. The van der Waals surface area contributed by atoms with Gasteiger partial charge in [0.05, 0.1) is 30.5 Å². The molecule has 1 aliphatic rings. The Bertz CT molecular complexity index is 993. The van der Waals surface area contributed by atoms with Crippen LogP contribution in [0.4, 0.5) is 11.6 Å². The number of nitrogens with one attached hydrogen (secondary N) is 1. The molecular weight excluding hydrogens is 382 g/mol. The SMILES string of the molecule is Nc1cnc(-c2ccc(Oc3cncc(NCCN4CCCCC4=O)n3)cc2)cn1. The second kappa shape index (κ2) is 9.17. The molecule has 1 amide bonds. The summed E-state index contributed by atoms with van der Waals surface area (Å²) in [6, 6.07) is 7.44. The highest BCUT2D eigenvalue weighted by atomic mass is 16.5. The molecule has 3 N–H and O–H groups in total. The average Bonchev–Trinajstić information content (AvgIpc) is 2.77. The molecule has 30 heavy (non-hydrogen) atoms. The number of nitrogens with zero attached hydrogens (tertiary/aromatic N) is 5. The molecule has 1 aliphatic heterocycles. The van der Waals surface area contributed by atoms with Crippen LogP contribution in [0, 0.1) is 0 Å². The standard InChI is InChI=1S/C21H23N7O2/c22-18-12-25-17(11-26-18)15-4-6-16(7-5-15)30-20-14-23-13-19(27-20)24-8-10-28-9-2-1-3-21(28)29/h4-7,11-14H,1-3,8-10H2,(H2,22,26)(H,24,27). The fourth-order valence-corrected chi connectivity index (χ4v) is 3.20. The summed E-state index contributed by atoms with van der Waals surface area (Å²) in [5, 5.41) is 3.20. The van der Waals surface area contributed by atoms with E-state index in [-0.39, 0.29) is 5.91 Å². The van der Waals surface area contributed by atoms with Gasteiger partial charge in [-0.05, 0) is 37.1 Å². The van der Waals surface area contributed by atoms with Crippen LogP contribution in [0.15, 0.2) is 49.1 Å². The number of rotatable bonds is 7. The molecule has 1 saturated heterocycles. The van der Waals surface area contributed by atoms with E-state index in [0.717, 1.165) is 30.6 Å². The first kappa shape index (κ1) is 19.6. The molecule has 0 bridgehead atoms. The van der Waals surface area contributed by atoms with Crippen molar-refractivity contribution in [2.45, 2.75) is 19.3 Å². The first-order valence-electron chi connectivity index (χ1n) is 9.87. The van der Waals surface area contributed by atoms with Gasteiger partial charge in [0.25, 0.3) is 0 Å². The molecule has 1 fully saturated rings. The van der Waals surface area contributed by atoms with Gasteiger partial charge in [-0.1, -0.05) is 0 Å². The largest absolute Gasteiger partial charge is 0.437 e. The lowest BCUT2D eigenvalue weighted by Gasteiger charge is -2.26. The highest BCUT2D eigenvalue weighted by molar-refractivity contribution is 5.76. The van der Waals surface area contributed by atoms with Crippen molar-refractivity contribution in [2.24, 2.45) is 0 Å². The minimum atomic E-state index is 0.222. The Hall–Kier alpha value is -3.75. The Morgan fingerprint density at radius 2 is 1.93 bits per heavy atom. The zero-order chi connectivity index (χ0) is 20.8. The molecule has 3 heterocycles. The van der Waals surface area contributed by atoms with Gasteiger partial charge in [-0.2, -0.15) is 4.98 Å². The van der Waals surface area contributed by atoms with Crippen LogP contribution in [0.25, 0.3) is 11.3 Å². The second-order valence-electron chi connectivity index (χ2n) is 6.96. The maximum absolute atomic E-state index is 11.9. The van der Waals surface area contributed by atoms with Crippen LogP contribution in [-0.2, 0) is 4.79 Å². The summed E-state index contributed by atoms with van der Waals surface area (Å²) in [5.74, 6) is 2.22. The Balaban J connectivity index is 1.33. The van der Waals surface area contributed by atoms with Gasteiger partial charge in [0.1, 0.15) is 17.4 Å². The molecule has 9 nitrogen and oxygen atoms in total. The zero-order valence-corrected chi connectivity index (χ0v) is 16.5. The Labute approximate surface area is 174 Å². The number of hydrogen-bond acceptors (Lipinski definition) is 8. The fourth-order valence-electron chi connectivity index (χ4n) is 3.20. The van der Waals surface area contributed by atoms with Gasteiger partial charge >= 0.3 is 0 Å². The number of carbonyl (C=O) groups excluding carboxylic acids is 1. The van der Waals surface area contributed by atoms with Crippen molar-refractivity contribution in [3.05, 3.63) is 49.1 Å². The maximum Gasteiger partial charge on any atom is 0.239 e. The summed E-state index contributed by atoms with van der Waals surface area (Å²) < 4.78 is 5.81. The highest BCUT2D eigenvalue weighted by Gasteiger charge is 2.17. The highest BCUT2D eigenvalue weighted by Crippen LogP contribution is 2.24. The van der Waals surface area contributed by atoms with E-state index in [2.05, 4.69) is 25.3 Å². The van der Waals surface area contributed by atoms with Crippen LogP contribution >= 0.6 is 0 Å². The smallest absolute Gasteiger partial charge is 0.239 e. The van der Waals surface area contributed by atoms with Crippen LogP contribution in [0.2, 0.25) is 0 Å². The van der Waals surface area contributed by atoms with E-state index in [1.54, 1.807) is 18.6 Å². The van der Waals surface area contributed by atoms with E-state index < -0.39 is 0 Å². The number of aromatic nitrogens is 4. The van der Waals surface area contributed by atoms with Crippen molar-refractivity contribution in [1.29, 1.82) is 0 Å². The van der Waals surface area contributed by atoms with Crippen molar-refractivity contribution in [2.75, 3.05) is 30.7 Å². The third kappa shape index (κ3) is 4.99. The Kier molecular flexibility index (Phi) is 5.98. The van der Waals surface area contributed by atoms with E-state index in [0.29, 0.717) is 42.8 Å². The van der Waals surface area contributed by atoms with Crippen LogP contribution < -0.4 is 15.8 Å². The van der Waals surface area contributed by atoms with Crippen LogP contribution in [-0.4, -0.2) is 50.4 Å². The molecule has 0 saturated carbocycles. The number of carbonyl (C=O) groups is 1. The first-order chi connectivity index (χ1) is 14.7. The number of amides is 1. The lowest BCUT2D eigenvalue weighted by Crippen LogP contribution is -2.38. The predicted molar refractivity (Wildman–Crippen MR) is 113 cm³/mol. The number of hydrogen-bond donors (Lipinski definition) is 2. The number of benzene rings is 1. The molecule has 3 aromatic rings. The third-order valence-corrected chi connectivity index (χ3v) is 4.77. The number of piperidine rings is 1. The molecule has 154 valence electrons. The van der Waals surface area contributed by atoms with Gasteiger partial charge < -0.3 is 20.7 Å². The first-order valence-corrected chi connectivity index (χ1v) is 9.87. The van der Waals surface area contributed by atoms with Gasteiger partial charge in [-0.15, -0.1) is 0 Å².